The molecule has 3 amide bonds. The summed E-state index contributed by atoms with van der Waals surface area (Å²) in [5.41, 5.74) is 0.279. The third-order valence-electron chi connectivity index (χ3n) is 6.89. The van der Waals surface area contributed by atoms with Gasteiger partial charge in [0, 0.05) is 12.5 Å². The molecule has 3 rings (SSSR count). The molecule has 10 heteroatoms. The molecule has 1 aliphatic carbocycles. The summed E-state index contributed by atoms with van der Waals surface area (Å²) in [6.07, 6.45) is 1.67. The maximum absolute atomic E-state index is 14.2. The normalized spacial score (nSPS) is 15.0. The first-order valence-electron chi connectivity index (χ1n) is 14.7. The van der Waals surface area contributed by atoms with Gasteiger partial charge >= 0.3 is 12.1 Å². The molecule has 0 aromatic heterocycles. The number of esters is 1. The van der Waals surface area contributed by atoms with Crippen molar-refractivity contribution in [1.29, 1.82) is 0 Å². The number of ether oxygens (including phenoxy) is 2. The Morgan fingerprint density at radius 1 is 0.953 bits per heavy atom. The summed E-state index contributed by atoms with van der Waals surface area (Å²) in [7, 11) is 0. The number of phenols is 1. The van der Waals surface area contributed by atoms with Crippen LogP contribution in [0.15, 0.2) is 48.5 Å². The Labute approximate surface area is 254 Å². The number of aromatic hydroxyl groups is 1. The first-order valence-corrected chi connectivity index (χ1v) is 14.7. The smallest absolute Gasteiger partial charge is 0.408 e. The van der Waals surface area contributed by atoms with Gasteiger partial charge in [-0.25, -0.2) is 9.59 Å². The van der Waals surface area contributed by atoms with E-state index in [0.717, 1.165) is 12.0 Å². The van der Waals surface area contributed by atoms with Crippen LogP contribution in [0.1, 0.15) is 83.5 Å². The molecule has 1 aliphatic rings. The Balaban J connectivity index is 1.98. The third kappa shape index (κ3) is 10.0. The number of benzene rings is 2. The second-order valence-corrected chi connectivity index (χ2v) is 13.0. The molecule has 0 aliphatic heterocycles. The minimum atomic E-state index is -1.14. The number of aryl methyl sites for hydroxylation is 1. The van der Waals surface area contributed by atoms with Crippen LogP contribution in [0.4, 0.5) is 4.79 Å². The molecule has 2 atom stereocenters. The number of nitrogens with one attached hydrogen (secondary N) is 2. The second kappa shape index (κ2) is 13.9. The van der Waals surface area contributed by atoms with Crippen molar-refractivity contribution in [3.05, 3.63) is 65.2 Å². The molecule has 10 nitrogen and oxygen atoms in total. The van der Waals surface area contributed by atoms with Crippen LogP contribution in [0.25, 0.3) is 0 Å². The van der Waals surface area contributed by atoms with Crippen molar-refractivity contribution in [3.8, 4) is 5.75 Å². The molecule has 1 saturated carbocycles. The summed E-state index contributed by atoms with van der Waals surface area (Å²) >= 11 is 0. The molecule has 1 fully saturated rings. The van der Waals surface area contributed by atoms with Gasteiger partial charge in [-0.3, -0.25) is 9.59 Å². The van der Waals surface area contributed by atoms with E-state index in [1.54, 1.807) is 60.6 Å². The van der Waals surface area contributed by atoms with Gasteiger partial charge in [-0.1, -0.05) is 36.4 Å². The fourth-order valence-corrected chi connectivity index (χ4v) is 4.73. The molecule has 0 heterocycles. The summed E-state index contributed by atoms with van der Waals surface area (Å²) in [6, 6.07) is 11.6. The Morgan fingerprint density at radius 2 is 1.58 bits per heavy atom. The van der Waals surface area contributed by atoms with E-state index in [1.165, 1.54) is 11.0 Å². The van der Waals surface area contributed by atoms with Gasteiger partial charge in [0.1, 0.15) is 35.6 Å². The zero-order valence-electron chi connectivity index (χ0n) is 26.2. The average Bonchev–Trinajstić information content (AvgIpc) is 2.86. The first-order chi connectivity index (χ1) is 20.0. The molecule has 3 N–H and O–H groups in total. The summed E-state index contributed by atoms with van der Waals surface area (Å²) in [4.78, 5) is 55.2. The van der Waals surface area contributed by atoms with Crippen LogP contribution < -0.4 is 10.6 Å². The lowest BCUT2D eigenvalue weighted by Gasteiger charge is -2.42. The van der Waals surface area contributed by atoms with Gasteiger partial charge in [0.15, 0.2) is 0 Å². The molecular weight excluding hydrogens is 550 g/mol. The number of hydrogen-bond donors (Lipinski definition) is 3. The van der Waals surface area contributed by atoms with E-state index in [4.69, 9.17) is 9.47 Å². The molecule has 43 heavy (non-hydrogen) atoms. The van der Waals surface area contributed by atoms with Crippen molar-refractivity contribution in [1.82, 2.24) is 15.5 Å². The Morgan fingerprint density at radius 3 is 2.12 bits per heavy atom. The van der Waals surface area contributed by atoms with E-state index in [9.17, 15) is 24.3 Å². The van der Waals surface area contributed by atoms with Crippen LogP contribution in [0.5, 0.6) is 5.75 Å². The van der Waals surface area contributed by atoms with E-state index in [-0.39, 0.29) is 24.8 Å². The van der Waals surface area contributed by atoms with Crippen molar-refractivity contribution in [2.24, 2.45) is 0 Å². The van der Waals surface area contributed by atoms with E-state index in [0.29, 0.717) is 24.0 Å². The number of phenolic OH excluding ortho intramolecular Hbond substituents is 1. The maximum atomic E-state index is 14.2. The number of alkyl carbamates (subject to hydrolysis) is 1. The van der Waals surface area contributed by atoms with Crippen molar-refractivity contribution < 1.29 is 33.8 Å². The molecule has 2 aromatic carbocycles. The lowest BCUT2D eigenvalue weighted by molar-refractivity contribution is -0.159. The molecule has 0 spiro atoms. The lowest BCUT2D eigenvalue weighted by Crippen LogP contribution is -2.56. The fraction of sp³-hybridized carbons (Fsp3) is 0.515. The Bertz CT molecular complexity index is 1290. The van der Waals surface area contributed by atoms with Crippen molar-refractivity contribution in [2.75, 3.05) is 6.54 Å². The summed E-state index contributed by atoms with van der Waals surface area (Å²) in [6.45, 7) is 11.7. The van der Waals surface area contributed by atoms with Crippen molar-refractivity contribution >= 4 is 23.9 Å². The fourth-order valence-electron chi connectivity index (χ4n) is 4.73. The Kier molecular flexibility index (Phi) is 10.8. The highest BCUT2D eigenvalue weighted by Gasteiger charge is 2.40. The number of hydrogen-bond acceptors (Lipinski definition) is 7. The Hall–Kier alpha value is -4.08. The molecule has 234 valence electrons. The monoisotopic (exact) mass is 595 g/mol. The SMILES string of the molecule is Cc1cc(C(C(=O)NC(Cc2ccccc2)C(=O)OC(C)(C)C)N(C(=O)CNC(=O)OC(C)(C)C)C2CCC2)ccc1O. The van der Waals surface area contributed by atoms with Gasteiger partial charge in [-0.05, 0) is 96.6 Å². The molecule has 2 unspecified atom stereocenters. The van der Waals surface area contributed by atoms with Gasteiger partial charge in [0.2, 0.25) is 11.8 Å². The molecule has 2 aromatic rings. The van der Waals surface area contributed by atoms with Crippen LogP contribution in [-0.4, -0.2) is 63.7 Å². The molecule has 0 saturated heterocycles. The summed E-state index contributed by atoms with van der Waals surface area (Å²) < 4.78 is 10.9. The van der Waals surface area contributed by atoms with E-state index >= 15 is 0 Å². The van der Waals surface area contributed by atoms with Crippen LogP contribution in [0.3, 0.4) is 0 Å². The number of carbonyl (C=O) groups is 4. The predicted octanol–water partition coefficient (Wildman–Crippen LogP) is 4.72. The number of nitrogens with zero attached hydrogens (tertiary/aromatic N) is 1. The van der Waals surface area contributed by atoms with Gasteiger partial charge in [-0.15, -0.1) is 0 Å². The maximum Gasteiger partial charge on any atom is 0.408 e. The third-order valence-corrected chi connectivity index (χ3v) is 6.89. The lowest BCUT2D eigenvalue weighted by atomic mass is 9.88. The highest BCUT2D eigenvalue weighted by Crippen LogP contribution is 2.34. The highest BCUT2D eigenvalue weighted by atomic mass is 16.6. The van der Waals surface area contributed by atoms with E-state index < -0.39 is 47.2 Å². The van der Waals surface area contributed by atoms with Crippen LogP contribution in [0.2, 0.25) is 0 Å². The van der Waals surface area contributed by atoms with Gasteiger partial charge in [0.25, 0.3) is 0 Å². The number of amides is 3. The van der Waals surface area contributed by atoms with Crippen LogP contribution >= 0.6 is 0 Å². The second-order valence-electron chi connectivity index (χ2n) is 13.0. The highest BCUT2D eigenvalue weighted by molar-refractivity contribution is 5.93. The zero-order valence-corrected chi connectivity index (χ0v) is 26.2. The van der Waals surface area contributed by atoms with Gasteiger partial charge < -0.3 is 30.1 Å². The first kappa shape index (κ1) is 33.4. The largest absolute Gasteiger partial charge is 0.508 e. The number of rotatable bonds is 10. The van der Waals surface area contributed by atoms with E-state index in [1.807, 2.05) is 30.3 Å². The summed E-state index contributed by atoms with van der Waals surface area (Å²) in [5.74, 6) is -1.60. The quantitative estimate of drug-likeness (QED) is 0.339. The van der Waals surface area contributed by atoms with E-state index in [2.05, 4.69) is 10.6 Å². The molecule has 0 radical (unpaired) electrons. The zero-order chi connectivity index (χ0) is 31.9. The number of carbonyl (C=O) groups excluding carboxylic acids is 4. The van der Waals surface area contributed by atoms with Crippen LogP contribution in [0, 0.1) is 6.92 Å². The standard InChI is InChI=1S/C33H45N3O7/c1-21-18-23(16-17-26(21)37)28(36(24-14-11-15-24)27(38)20-34-31(41)43-33(5,6)7)29(39)35-25(30(40)42-32(2,3)4)19-22-12-9-8-10-13-22/h8-10,12-13,16-18,24-25,28,37H,11,14-15,19-20H2,1-7H3,(H,34,41)(H,35,39). The molecular formula is C33H45N3O7. The summed E-state index contributed by atoms with van der Waals surface area (Å²) in [5, 5.41) is 15.6. The average molecular weight is 596 g/mol. The molecule has 0 bridgehead atoms. The van der Waals surface area contributed by atoms with Crippen molar-refractivity contribution in [2.45, 2.75) is 103 Å². The van der Waals surface area contributed by atoms with Gasteiger partial charge in [-0.2, -0.15) is 0 Å². The topological polar surface area (TPSA) is 134 Å². The predicted molar refractivity (Wildman–Crippen MR) is 162 cm³/mol. The van der Waals surface area contributed by atoms with Crippen LogP contribution in [-0.2, 0) is 30.3 Å². The van der Waals surface area contributed by atoms with Gasteiger partial charge in [0.05, 0.1) is 0 Å². The van der Waals surface area contributed by atoms with Crippen molar-refractivity contribution in [3.63, 3.8) is 0 Å². The minimum absolute atomic E-state index is 0.0479. The minimum Gasteiger partial charge on any atom is -0.508 e.